The van der Waals surface area contributed by atoms with E-state index in [4.69, 9.17) is 5.10 Å². The van der Waals surface area contributed by atoms with E-state index < -0.39 is 0 Å². The van der Waals surface area contributed by atoms with Crippen molar-refractivity contribution in [2.24, 2.45) is 17.0 Å². The first-order chi connectivity index (χ1) is 17.1. The molecule has 1 saturated carbocycles. The lowest BCUT2D eigenvalue weighted by Gasteiger charge is -2.37. The van der Waals surface area contributed by atoms with Gasteiger partial charge in [0.05, 0.1) is 23.8 Å². The summed E-state index contributed by atoms with van der Waals surface area (Å²) in [7, 11) is 4.16. The number of hydrogen-bond acceptors (Lipinski definition) is 8. The van der Waals surface area contributed by atoms with Gasteiger partial charge in [0.2, 0.25) is 0 Å². The molecule has 0 aromatic carbocycles. The van der Waals surface area contributed by atoms with Gasteiger partial charge < -0.3 is 20.4 Å². The van der Waals surface area contributed by atoms with Crippen molar-refractivity contribution in [2.75, 3.05) is 56.7 Å². The van der Waals surface area contributed by atoms with Gasteiger partial charge in [0.1, 0.15) is 23.9 Å². The highest BCUT2D eigenvalue weighted by molar-refractivity contribution is 5.86. The fourth-order valence-corrected chi connectivity index (χ4v) is 5.37. The molecule has 0 unspecified atom stereocenters. The average molecular weight is 478 g/mol. The van der Waals surface area contributed by atoms with Crippen molar-refractivity contribution in [3.05, 3.63) is 42.5 Å². The molecular weight excluding hydrogens is 438 g/mol. The number of aromatic nitrogens is 3. The van der Waals surface area contributed by atoms with Crippen LogP contribution in [0.15, 0.2) is 41.1 Å². The van der Waals surface area contributed by atoms with Gasteiger partial charge in [0.15, 0.2) is 0 Å². The second-order valence-corrected chi connectivity index (χ2v) is 9.63. The number of nitrogens with zero attached hydrogens (tertiary/aromatic N) is 7. The van der Waals surface area contributed by atoms with Crippen LogP contribution in [0.5, 0.6) is 0 Å². The molecule has 0 radical (unpaired) electrons. The molecule has 1 aliphatic heterocycles. The normalized spacial score (nSPS) is 18.5. The van der Waals surface area contributed by atoms with E-state index in [9.17, 15) is 0 Å². The molecule has 2 N–H and O–H groups in total. The number of rotatable bonds is 10. The predicted molar refractivity (Wildman–Crippen MR) is 145 cm³/mol. The molecular formula is C26H39N9. The Balaban J connectivity index is 1.41. The number of piperazine rings is 1. The van der Waals surface area contributed by atoms with Crippen molar-refractivity contribution in [1.82, 2.24) is 25.0 Å². The van der Waals surface area contributed by atoms with E-state index in [1.807, 2.05) is 24.0 Å². The molecule has 0 atom stereocenters. The van der Waals surface area contributed by atoms with Gasteiger partial charge in [-0.25, -0.2) is 4.98 Å². The minimum Gasteiger partial charge on any atom is -0.390 e. The molecule has 0 spiro atoms. The summed E-state index contributed by atoms with van der Waals surface area (Å²) in [6.45, 7) is 13.2. The van der Waals surface area contributed by atoms with Crippen LogP contribution >= 0.6 is 0 Å². The van der Waals surface area contributed by atoms with Crippen molar-refractivity contribution in [2.45, 2.75) is 37.5 Å². The summed E-state index contributed by atoms with van der Waals surface area (Å²) in [5.41, 5.74) is 3.86. The minimum atomic E-state index is -0.0233. The van der Waals surface area contributed by atoms with Crippen molar-refractivity contribution in [3.63, 3.8) is 0 Å². The number of anilines is 2. The van der Waals surface area contributed by atoms with Crippen LogP contribution in [0, 0.1) is 0 Å². The van der Waals surface area contributed by atoms with Crippen LogP contribution in [0.3, 0.4) is 0 Å². The first-order valence-electron chi connectivity index (χ1n) is 12.6. The predicted octanol–water partition coefficient (Wildman–Crippen LogP) is 3.32. The largest absolute Gasteiger partial charge is 0.390 e. The summed E-state index contributed by atoms with van der Waals surface area (Å²) >= 11 is 0. The maximum Gasteiger partial charge on any atom is 0.129 e. The third kappa shape index (κ3) is 5.73. The van der Waals surface area contributed by atoms with Crippen LogP contribution in [0.25, 0.3) is 0 Å². The quantitative estimate of drug-likeness (QED) is 0.511. The van der Waals surface area contributed by atoms with Crippen LogP contribution < -0.4 is 15.5 Å². The molecule has 3 heterocycles. The molecule has 0 bridgehead atoms. The van der Waals surface area contributed by atoms with Crippen LogP contribution in [0.4, 0.5) is 17.2 Å². The van der Waals surface area contributed by atoms with Crippen molar-refractivity contribution < 1.29 is 0 Å². The third-order valence-electron chi connectivity index (χ3n) is 7.29. The van der Waals surface area contributed by atoms with Crippen LogP contribution in [0.2, 0.25) is 0 Å². The van der Waals surface area contributed by atoms with Gasteiger partial charge in [0.25, 0.3) is 0 Å². The molecule has 188 valence electrons. The van der Waals surface area contributed by atoms with E-state index in [0.29, 0.717) is 6.67 Å². The first-order valence-corrected chi connectivity index (χ1v) is 12.6. The molecule has 9 nitrogen and oxygen atoms in total. The summed E-state index contributed by atoms with van der Waals surface area (Å²) in [6, 6.07) is 4.13. The number of hydrogen-bond donors (Lipinski definition) is 2. The Labute approximate surface area is 209 Å². The second-order valence-electron chi connectivity index (χ2n) is 9.63. The summed E-state index contributed by atoms with van der Waals surface area (Å²) in [5.74, 6) is 0.806. The van der Waals surface area contributed by atoms with Gasteiger partial charge in [-0.15, -0.1) is 0 Å². The van der Waals surface area contributed by atoms with Gasteiger partial charge in [-0.05, 0) is 44.9 Å². The van der Waals surface area contributed by atoms with Gasteiger partial charge in [-0.3, -0.25) is 14.7 Å². The van der Waals surface area contributed by atoms with Crippen LogP contribution in [-0.4, -0.2) is 79.0 Å². The van der Waals surface area contributed by atoms with Gasteiger partial charge in [0, 0.05) is 45.2 Å². The maximum atomic E-state index is 4.75. The summed E-state index contributed by atoms with van der Waals surface area (Å²) in [4.78, 5) is 18.3. The van der Waals surface area contributed by atoms with Crippen LogP contribution in [-0.2, 0) is 12.5 Å². The molecule has 2 aromatic heterocycles. The lowest BCUT2D eigenvalue weighted by atomic mass is 9.71. The number of aliphatic imine (C=N–C) groups is 2. The SMILES string of the molecule is C=CNCC1(c2c(N=C)c(/C=N\CNc3ccc(N4CCN(C)CC4)cn3)nn2C)CCCCC1. The molecule has 35 heavy (non-hydrogen) atoms. The molecule has 1 aliphatic carbocycles. The van der Waals surface area contributed by atoms with E-state index in [2.05, 4.69) is 61.8 Å². The van der Waals surface area contributed by atoms with E-state index in [-0.39, 0.29) is 5.41 Å². The standard InChI is InChI=1S/C26H39N9/c1-5-28-19-26(11-7-6-8-12-26)25-24(27-2)22(32-34(25)4)18-29-20-31-23-10-9-21(17-30-23)35-15-13-33(3)14-16-35/h5,9-10,17-18,28H,1-2,6-8,11-16,19-20H2,3-4H3,(H,30,31)/b29-18-. The number of aryl methyl sites for hydroxylation is 1. The summed E-state index contributed by atoms with van der Waals surface area (Å²) in [6.07, 6.45) is 11.4. The fraction of sp³-hybridized carbons (Fsp3) is 0.538. The molecule has 2 aliphatic rings. The smallest absolute Gasteiger partial charge is 0.129 e. The Hall–Kier alpha value is -3.20. The fourth-order valence-electron chi connectivity index (χ4n) is 5.37. The van der Waals surface area contributed by atoms with E-state index in [1.54, 1.807) is 12.4 Å². The third-order valence-corrected chi connectivity index (χ3v) is 7.29. The van der Waals surface area contributed by atoms with Gasteiger partial charge in [-0.1, -0.05) is 25.8 Å². The Morgan fingerprint density at radius 2 is 1.89 bits per heavy atom. The Bertz CT molecular complexity index is 1010. The topological polar surface area (TPSA) is 86.0 Å². The Kier molecular flexibility index (Phi) is 8.17. The zero-order valence-corrected chi connectivity index (χ0v) is 21.2. The summed E-state index contributed by atoms with van der Waals surface area (Å²) in [5, 5.41) is 11.4. The van der Waals surface area contributed by atoms with Crippen LogP contribution in [0.1, 0.15) is 43.5 Å². The molecule has 4 rings (SSSR count). The minimum absolute atomic E-state index is 0.0233. The lowest BCUT2D eigenvalue weighted by molar-refractivity contribution is 0.274. The Morgan fingerprint density at radius 3 is 2.54 bits per heavy atom. The zero-order valence-electron chi connectivity index (χ0n) is 21.2. The highest BCUT2D eigenvalue weighted by Gasteiger charge is 2.39. The average Bonchev–Trinajstić information content (AvgIpc) is 3.22. The number of likely N-dealkylation sites (N-methyl/N-ethyl adjacent to an activating group) is 1. The van der Waals surface area contributed by atoms with E-state index in [1.165, 1.54) is 19.3 Å². The van der Waals surface area contributed by atoms with Crippen molar-refractivity contribution >= 4 is 30.1 Å². The molecule has 2 fully saturated rings. The zero-order chi connectivity index (χ0) is 24.7. The monoisotopic (exact) mass is 477 g/mol. The van der Waals surface area contributed by atoms with E-state index >= 15 is 0 Å². The van der Waals surface area contributed by atoms with Gasteiger partial charge >= 0.3 is 0 Å². The highest BCUT2D eigenvalue weighted by Crippen LogP contribution is 2.43. The molecule has 0 amide bonds. The molecule has 1 saturated heterocycles. The lowest BCUT2D eigenvalue weighted by Crippen LogP contribution is -2.44. The second kappa shape index (κ2) is 11.5. The molecule has 9 heteroatoms. The number of pyridine rings is 1. The highest BCUT2D eigenvalue weighted by atomic mass is 15.3. The van der Waals surface area contributed by atoms with Crippen molar-refractivity contribution in [1.29, 1.82) is 0 Å². The maximum absolute atomic E-state index is 4.75. The van der Waals surface area contributed by atoms with E-state index in [0.717, 1.165) is 74.1 Å². The molecule has 2 aromatic rings. The first kappa shape index (κ1) is 24.9. The number of nitrogens with one attached hydrogen (secondary N) is 2. The van der Waals surface area contributed by atoms with Gasteiger partial charge in [-0.2, -0.15) is 5.10 Å². The Morgan fingerprint density at radius 1 is 1.11 bits per heavy atom. The van der Waals surface area contributed by atoms with Crippen molar-refractivity contribution in [3.8, 4) is 0 Å². The summed E-state index contributed by atoms with van der Waals surface area (Å²) < 4.78 is 1.97.